The molecule has 0 N–H and O–H groups in total. The third kappa shape index (κ3) is 8.57. The molecule has 38 heavy (non-hydrogen) atoms. The zero-order valence-corrected chi connectivity index (χ0v) is 24.3. The van der Waals surface area contributed by atoms with Crippen molar-refractivity contribution in [3.05, 3.63) is 30.7 Å². The predicted octanol–water partition coefficient (Wildman–Crippen LogP) is 3.91. The number of nitrogens with zero attached hydrogens (tertiary/aromatic N) is 6. The van der Waals surface area contributed by atoms with E-state index in [-0.39, 0.29) is 11.7 Å². The molecule has 0 unspecified atom stereocenters. The Balaban J connectivity index is 0.000000505. The minimum Gasteiger partial charge on any atom is -0.490 e. The molecule has 4 rings (SSSR count). The lowest BCUT2D eigenvalue weighted by atomic mass is 10.1. The first-order chi connectivity index (χ1) is 18.1. The van der Waals surface area contributed by atoms with Gasteiger partial charge in [-0.25, -0.2) is 14.6 Å². The van der Waals surface area contributed by atoms with Gasteiger partial charge in [0.2, 0.25) is 5.88 Å². The number of thioether (sulfide) groups is 1. The summed E-state index contributed by atoms with van der Waals surface area (Å²) in [4.78, 5) is 24.1. The quantitative estimate of drug-likeness (QED) is 0.291. The fourth-order valence-corrected chi connectivity index (χ4v) is 4.18. The van der Waals surface area contributed by atoms with Crippen LogP contribution >= 0.6 is 11.8 Å². The van der Waals surface area contributed by atoms with Gasteiger partial charge in [0.25, 0.3) is 6.47 Å². The van der Waals surface area contributed by atoms with Gasteiger partial charge in [0.15, 0.2) is 5.65 Å². The molecule has 2 aromatic heterocycles. The zero-order valence-electron chi connectivity index (χ0n) is 23.5. The van der Waals surface area contributed by atoms with E-state index >= 15 is 0 Å². The summed E-state index contributed by atoms with van der Waals surface area (Å²) in [6.07, 6.45) is 7.55. The molecule has 10 nitrogen and oxygen atoms in total. The normalized spacial score (nSPS) is 14.7. The topological polar surface area (TPSA) is 94.8 Å². The summed E-state index contributed by atoms with van der Waals surface area (Å²) < 4.78 is 18.7. The first kappa shape index (κ1) is 29.7. The number of likely N-dealkylation sites (N-methyl/N-ethyl adjacent to an activating group) is 1. The lowest BCUT2D eigenvalue weighted by Crippen LogP contribution is -2.35. The Morgan fingerprint density at radius 3 is 2.53 bits per heavy atom. The maximum atomic E-state index is 9.60. The number of hydrogen-bond acceptors (Lipinski definition) is 10. The fraction of sp³-hybridized carbons (Fsp3) is 0.556. The van der Waals surface area contributed by atoms with E-state index in [9.17, 15) is 4.79 Å². The van der Waals surface area contributed by atoms with Crippen molar-refractivity contribution in [2.45, 2.75) is 50.2 Å². The fourth-order valence-electron chi connectivity index (χ4n) is 3.75. The van der Waals surface area contributed by atoms with E-state index in [1.165, 1.54) is 0 Å². The average Bonchev–Trinajstić information content (AvgIpc) is 3.30. The molecule has 0 saturated carbocycles. The molecule has 1 saturated heterocycles. The molecule has 1 fully saturated rings. The molecule has 0 radical (unpaired) electrons. The summed E-state index contributed by atoms with van der Waals surface area (Å²) >= 11 is 1.69. The van der Waals surface area contributed by atoms with Crippen molar-refractivity contribution in [3.63, 3.8) is 0 Å². The molecule has 0 spiro atoms. The number of hydrogen-bond donors (Lipinski definition) is 0. The summed E-state index contributed by atoms with van der Waals surface area (Å²) in [5.41, 5.74) is 1.25. The van der Waals surface area contributed by atoms with Gasteiger partial charge < -0.3 is 24.0 Å². The van der Waals surface area contributed by atoms with Crippen molar-refractivity contribution in [2.24, 2.45) is 0 Å². The Labute approximate surface area is 229 Å². The van der Waals surface area contributed by atoms with Crippen molar-refractivity contribution >= 4 is 29.3 Å². The van der Waals surface area contributed by atoms with Crippen LogP contribution in [-0.2, 0) is 9.53 Å². The number of likely N-dealkylation sites (tertiary alicyclic amines) is 1. The molecule has 3 heterocycles. The van der Waals surface area contributed by atoms with Gasteiger partial charge in [0.05, 0.1) is 6.20 Å². The van der Waals surface area contributed by atoms with Gasteiger partial charge >= 0.3 is 0 Å². The molecular formula is C27H40N6O4S. The highest BCUT2D eigenvalue weighted by Gasteiger charge is 2.21. The summed E-state index contributed by atoms with van der Waals surface area (Å²) in [5.74, 6) is 1.39. The predicted molar refractivity (Wildman–Crippen MR) is 151 cm³/mol. The second-order valence-electron chi connectivity index (χ2n) is 10.4. The van der Waals surface area contributed by atoms with E-state index < -0.39 is 0 Å². The molecule has 1 aromatic carbocycles. The lowest BCUT2D eigenvalue weighted by Gasteiger charge is -2.28. The van der Waals surface area contributed by atoms with E-state index in [1.807, 2.05) is 45.6 Å². The van der Waals surface area contributed by atoms with E-state index in [0.29, 0.717) is 24.6 Å². The molecule has 1 aliphatic heterocycles. The standard InChI is InChI=1S/C22H30N6O2S.C5H10O2/c1-26(2)11-12-29-20-13-17(31-4)5-6-19(20)28-21-18(14-25-28)22(24-15-23-21)30-16-7-9-27(3)10-8-16;1-5(2,3)7-4-6/h5-6,13-16H,7-12H2,1-4H3;4H,1-3H3. The monoisotopic (exact) mass is 544 g/mol. The van der Waals surface area contributed by atoms with Gasteiger partial charge in [-0.2, -0.15) is 5.10 Å². The molecule has 0 atom stereocenters. The van der Waals surface area contributed by atoms with Crippen LogP contribution in [0.2, 0.25) is 0 Å². The van der Waals surface area contributed by atoms with Crippen LogP contribution in [0.1, 0.15) is 33.6 Å². The molecule has 208 valence electrons. The average molecular weight is 545 g/mol. The van der Waals surface area contributed by atoms with Crippen molar-refractivity contribution < 1.29 is 19.0 Å². The smallest absolute Gasteiger partial charge is 0.293 e. The van der Waals surface area contributed by atoms with Gasteiger partial charge in [-0.3, -0.25) is 4.79 Å². The van der Waals surface area contributed by atoms with Crippen molar-refractivity contribution in [1.82, 2.24) is 29.5 Å². The maximum Gasteiger partial charge on any atom is 0.293 e. The Hall–Kier alpha value is -2.89. The van der Waals surface area contributed by atoms with Gasteiger partial charge in [-0.1, -0.05) is 0 Å². The number of fused-ring (bicyclic) bond motifs is 1. The summed E-state index contributed by atoms with van der Waals surface area (Å²) in [7, 11) is 6.21. The number of ether oxygens (including phenoxy) is 3. The van der Waals surface area contributed by atoms with Crippen LogP contribution in [0, 0.1) is 0 Å². The number of piperidine rings is 1. The minimum absolute atomic E-state index is 0.170. The van der Waals surface area contributed by atoms with Crippen LogP contribution in [0.4, 0.5) is 0 Å². The zero-order chi connectivity index (χ0) is 27.7. The highest BCUT2D eigenvalue weighted by molar-refractivity contribution is 7.98. The maximum absolute atomic E-state index is 9.60. The Kier molecular flexibility index (Phi) is 10.7. The number of carbonyl (C=O) groups is 1. The number of rotatable bonds is 9. The second kappa shape index (κ2) is 13.8. The van der Waals surface area contributed by atoms with Crippen molar-refractivity contribution in [2.75, 3.05) is 53.6 Å². The first-order valence-corrected chi connectivity index (χ1v) is 13.9. The Morgan fingerprint density at radius 2 is 1.92 bits per heavy atom. The van der Waals surface area contributed by atoms with E-state index in [1.54, 1.807) is 24.3 Å². The SMILES string of the molecule is CC(C)(C)OC=O.CSc1ccc(-n2ncc3c(OC4CCN(C)CC4)ncnc32)c(OCCN(C)C)c1. The number of aromatic nitrogens is 4. The Morgan fingerprint density at radius 1 is 1.18 bits per heavy atom. The highest BCUT2D eigenvalue weighted by Crippen LogP contribution is 2.32. The summed E-state index contributed by atoms with van der Waals surface area (Å²) in [6.45, 7) is 9.42. The highest BCUT2D eigenvalue weighted by atomic mass is 32.2. The summed E-state index contributed by atoms with van der Waals surface area (Å²) in [6, 6.07) is 6.16. The molecule has 1 aliphatic rings. The third-order valence-corrected chi connectivity index (χ3v) is 6.59. The number of carbonyl (C=O) groups excluding carboxylic acids is 1. The molecular weight excluding hydrogens is 504 g/mol. The lowest BCUT2D eigenvalue weighted by molar-refractivity contribution is -0.138. The molecule has 0 bridgehead atoms. The van der Waals surface area contributed by atoms with Crippen LogP contribution in [0.25, 0.3) is 16.7 Å². The van der Waals surface area contributed by atoms with E-state index in [2.05, 4.69) is 55.0 Å². The van der Waals surface area contributed by atoms with Crippen LogP contribution in [-0.4, -0.2) is 101 Å². The van der Waals surface area contributed by atoms with Gasteiger partial charge in [-0.05, 0) is 79.2 Å². The molecule has 11 heteroatoms. The van der Waals surface area contributed by atoms with Gasteiger partial charge in [0.1, 0.15) is 41.5 Å². The van der Waals surface area contributed by atoms with Gasteiger partial charge in [0, 0.05) is 24.5 Å². The minimum atomic E-state index is -0.318. The van der Waals surface area contributed by atoms with E-state index in [4.69, 9.17) is 9.47 Å². The van der Waals surface area contributed by atoms with Crippen LogP contribution in [0.5, 0.6) is 11.6 Å². The van der Waals surface area contributed by atoms with Crippen LogP contribution < -0.4 is 9.47 Å². The third-order valence-electron chi connectivity index (χ3n) is 5.87. The van der Waals surface area contributed by atoms with E-state index in [0.717, 1.165) is 54.2 Å². The number of benzene rings is 1. The van der Waals surface area contributed by atoms with Crippen molar-refractivity contribution in [1.29, 1.82) is 0 Å². The Bertz CT molecular complexity index is 1170. The van der Waals surface area contributed by atoms with Crippen molar-refractivity contribution in [3.8, 4) is 17.3 Å². The second-order valence-corrected chi connectivity index (χ2v) is 11.3. The first-order valence-electron chi connectivity index (χ1n) is 12.7. The summed E-state index contributed by atoms with van der Waals surface area (Å²) in [5, 5.41) is 5.43. The van der Waals surface area contributed by atoms with Gasteiger partial charge in [-0.15, -0.1) is 11.8 Å². The molecule has 0 amide bonds. The van der Waals surface area contributed by atoms with Crippen LogP contribution in [0.3, 0.4) is 0 Å². The molecule has 3 aromatic rings. The van der Waals surface area contributed by atoms with Crippen LogP contribution in [0.15, 0.2) is 35.6 Å². The largest absolute Gasteiger partial charge is 0.490 e. The molecule has 0 aliphatic carbocycles.